The number of hydrogen-bond donors (Lipinski definition) is 1. The Kier molecular flexibility index (Phi) is 5.79. The van der Waals surface area contributed by atoms with Crippen LogP contribution in [0.4, 0.5) is 0 Å². The van der Waals surface area contributed by atoms with Gasteiger partial charge >= 0.3 is 0 Å². The molecular formula is C16H27N3OS. The molecule has 2 rings (SSSR count). The molecule has 3 unspecified atom stereocenters. The van der Waals surface area contributed by atoms with Crippen molar-refractivity contribution in [3.05, 3.63) is 22.4 Å². The third kappa shape index (κ3) is 3.65. The molecule has 1 aromatic heterocycles. The molecular weight excluding hydrogens is 282 g/mol. The molecule has 21 heavy (non-hydrogen) atoms. The molecule has 3 atom stereocenters. The molecule has 1 amide bonds. The van der Waals surface area contributed by atoms with Gasteiger partial charge in [-0.25, -0.2) is 0 Å². The summed E-state index contributed by atoms with van der Waals surface area (Å²) in [6.07, 6.45) is 1.05. The lowest BCUT2D eigenvalue weighted by molar-refractivity contribution is -0.131. The number of nitrogens with one attached hydrogen (secondary N) is 1. The maximum absolute atomic E-state index is 12.8. The minimum Gasteiger partial charge on any atom is -0.320 e. The quantitative estimate of drug-likeness (QED) is 0.841. The Bertz CT molecular complexity index is 448. The van der Waals surface area contributed by atoms with E-state index in [9.17, 15) is 4.79 Å². The predicted octanol–water partition coefficient (Wildman–Crippen LogP) is 2.54. The summed E-state index contributed by atoms with van der Waals surface area (Å²) >= 11 is 1.69. The van der Waals surface area contributed by atoms with Crippen molar-refractivity contribution in [3.63, 3.8) is 0 Å². The van der Waals surface area contributed by atoms with Crippen LogP contribution in [0.25, 0.3) is 0 Å². The van der Waals surface area contributed by atoms with E-state index in [-0.39, 0.29) is 18.1 Å². The van der Waals surface area contributed by atoms with E-state index in [0.29, 0.717) is 5.92 Å². The average molecular weight is 309 g/mol. The molecule has 0 bridgehead atoms. The van der Waals surface area contributed by atoms with Crippen molar-refractivity contribution in [3.8, 4) is 0 Å². The van der Waals surface area contributed by atoms with Gasteiger partial charge in [-0.1, -0.05) is 27.2 Å². The zero-order chi connectivity index (χ0) is 15.4. The van der Waals surface area contributed by atoms with Crippen LogP contribution in [0.3, 0.4) is 0 Å². The Balaban J connectivity index is 2.14. The van der Waals surface area contributed by atoms with Crippen molar-refractivity contribution in [2.45, 2.75) is 39.4 Å². The third-order valence-electron chi connectivity index (χ3n) is 4.53. The topological polar surface area (TPSA) is 35.6 Å². The van der Waals surface area contributed by atoms with E-state index in [0.717, 1.165) is 26.1 Å². The Morgan fingerprint density at radius 3 is 2.81 bits per heavy atom. The molecule has 0 spiro atoms. The summed E-state index contributed by atoms with van der Waals surface area (Å²) in [5, 5.41) is 7.77. The first-order valence-corrected chi connectivity index (χ1v) is 8.79. The zero-order valence-electron chi connectivity index (χ0n) is 13.5. The summed E-state index contributed by atoms with van der Waals surface area (Å²) in [7, 11) is 2.10. The van der Waals surface area contributed by atoms with Crippen molar-refractivity contribution in [2.75, 3.05) is 26.7 Å². The van der Waals surface area contributed by atoms with Gasteiger partial charge in [-0.15, -0.1) is 0 Å². The van der Waals surface area contributed by atoms with E-state index in [1.807, 2.05) is 4.90 Å². The van der Waals surface area contributed by atoms with E-state index in [1.54, 1.807) is 11.3 Å². The monoisotopic (exact) mass is 309 g/mol. The molecule has 0 saturated carbocycles. The number of likely N-dealkylation sites (N-methyl/N-ethyl adjacent to an activating group) is 1. The van der Waals surface area contributed by atoms with Crippen LogP contribution in [0, 0.1) is 5.92 Å². The Morgan fingerprint density at radius 1 is 1.48 bits per heavy atom. The van der Waals surface area contributed by atoms with Crippen LogP contribution in [-0.4, -0.2) is 48.4 Å². The zero-order valence-corrected chi connectivity index (χ0v) is 14.3. The number of carbonyl (C=O) groups is 1. The Hall–Kier alpha value is -0.910. The van der Waals surface area contributed by atoms with E-state index >= 15 is 0 Å². The van der Waals surface area contributed by atoms with E-state index in [1.165, 1.54) is 5.56 Å². The third-order valence-corrected chi connectivity index (χ3v) is 5.23. The lowest BCUT2D eigenvalue weighted by atomic mass is 9.99. The van der Waals surface area contributed by atoms with Gasteiger partial charge in [-0.05, 0) is 41.9 Å². The number of carbonyl (C=O) groups excluding carboxylic acids is 1. The van der Waals surface area contributed by atoms with Gasteiger partial charge in [0.15, 0.2) is 0 Å². The maximum atomic E-state index is 12.8. The summed E-state index contributed by atoms with van der Waals surface area (Å²) in [6.45, 7) is 9.14. The normalized spacial score (nSPS) is 24.0. The first kappa shape index (κ1) is 16.5. The number of rotatable bonds is 7. The first-order chi connectivity index (χ1) is 10.1. The van der Waals surface area contributed by atoms with Gasteiger partial charge in [-0.2, -0.15) is 11.3 Å². The van der Waals surface area contributed by atoms with E-state index in [4.69, 9.17) is 0 Å². The molecule has 0 radical (unpaired) electrons. The van der Waals surface area contributed by atoms with Crippen LogP contribution >= 0.6 is 11.3 Å². The van der Waals surface area contributed by atoms with Gasteiger partial charge in [-0.3, -0.25) is 10.1 Å². The molecule has 1 aliphatic heterocycles. The van der Waals surface area contributed by atoms with Gasteiger partial charge in [0.25, 0.3) is 0 Å². The molecule has 118 valence electrons. The van der Waals surface area contributed by atoms with Crippen LogP contribution in [0.5, 0.6) is 0 Å². The van der Waals surface area contributed by atoms with E-state index in [2.05, 4.69) is 54.9 Å². The Labute approximate surface area is 132 Å². The number of nitrogens with zero attached hydrogens (tertiary/aromatic N) is 2. The standard InChI is InChI=1S/C16H27N3OS/c1-5-12(3)14-16(20)19(9-8-18(4)6-2)15(17-14)13-7-10-21-11-13/h7,10-12,14-15,17H,5-6,8-9H2,1-4H3. The summed E-state index contributed by atoms with van der Waals surface area (Å²) in [5.74, 6) is 0.623. The van der Waals surface area contributed by atoms with Gasteiger partial charge in [0.05, 0.1) is 6.04 Å². The highest BCUT2D eigenvalue weighted by atomic mass is 32.1. The van der Waals surface area contributed by atoms with Gasteiger partial charge in [0.1, 0.15) is 6.17 Å². The van der Waals surface area contributed by atoms with Crippen molar-refractivity contribution in [2.24, 2.45) is 5.92 Å². The molecule has 4 nitrogen and oxygen atoms in total. The van der Waals surface area contributed by atoms with Crippen molar-refractivity contribution in [1.82, 2.24) is 15.1 Å². The molecule has 1 aromatic rings. The predicted molar refractivity (Wildman–Crippen MR) is 88.3 cm³/mol. The summed E-state index contributed by atoms with van der Waals surface area (Å²) in [4.78, 5) is 17.0. The van der Waals surface area contributed by atoms with Crippen molar-refractivity contribution >= 4 is 17.2 Å². The fraction of sp³-hybridized carbons (Fsp3) is 0.688. The highest BCUT2D eigenvalue weighted by Crippen LogP contribution is 2.29. The summed E-state index contributed by atoms with van der Waals surface area (Å²) in [6, 6.07) is 2.07. The van der Waals surface area contributed by atoms with Gasteiger partial charge < -0.3 is 9.80 Å². The second-order valence-corrected chi connectivity index (χ2v) is 6.70. The van der Waals surface area contributed by atoms with Crippen LogP contribution in [0.2, 0.25) is 0 Å². The number of amides is 1. The average Bonchev–Trinajstić information content (AvgIpc) is 3.12. The van der Waals surface area contributed by atoms with E-state index < -0.39 is 0 Å². The van der Waals surface area contributed by atoms with Gasteiger partial charge in [0.2, 0.25) is 5.91 Å². The van der Waals surface area contributed by atoms with Crippen LogP contribution in [-0.2, 0) is 4.79 Å². The first-order valence-electron chi connectivity index (χ1n) is 7.85. The molecule has 1 saturated heterocycles. The molecule has 0 aromatic carbocycles. The fourth-order valence-corrected chi connectivity index (χ4v) is 3.34. The van der Waals surface area contributed by atoms with Crippen LogP contribution in [0.1, 0.15) is 38.9 Å². The van der Waals surface area contributed by atoms with Crippen LogP contribution < -0.4 is 5.32 Å². The minimum atomic E-state index is -0.0492. The summed E-state index contributed by atoms with van der Waals surface area (Å²) in [5.41, 5.74) is 1.21. The van der Waals surface area contributed by atoms with Crippen molar-refractivity contribution < 1.29 is 4.79 Å². The smallest absolute Gasteiger partial charge is 0.241 e. The van der Waals surface area contributed by atoms with Crippen LogP contribution in [0.15, 0.2) is 16.8 Å². The lowest BCUT2D eigenvalue weighted by Gasteiger charge is -2.26. The molecule has 1 N–H and O–H groups in total. The second-order valence-electron chi connectivity index (χ2n) is 5.92. The molecule has 5 heteroatoms. The minimum absolute atomic E-state index is 0.0352. The maximum Gasteiger partial charge on any atom is 0.241 e. The van der Waals surface area contributed by atoms with Gasteiger partial charge in [0, 0.05) is 13.1 Å². The largest absolute Gasteiger partial charge is 0.320 e. The highest BCUT2D eigenvalue weighted by molar-refractivity contribution is 7.07. The SMILES string of the molecule is CCC(C)C1NC(c2ccsc2)N(CCN(C)CC)C1=O. The molecule has 0 aliphatic carbocycles. The molecule has 1 aliphatic rings. The number of hydrogen-bond acceptors (Lipinski definition) is 4. The Morgan fingerprint density at radius 2 is 2.24 bits per heavy atom. The highest BCUT2D eigenvalue weighted by Gasteiger charge is 2.41. The fourth-order valence-electron chi connectivity index (χ4n) is 2.66. The molecule has 1 fully saturated rings. The lowest BCUT2D eigenvalue weighted by Crippen LogP contribution is -2.38. The summed E-state index contributed by atoms with van der Waals surface area (Å²) < 4.78 is 0. The van der Waals surface area contributed by atoms with Crippen molar-refractivity contribution in [1.29, 1.82) is 0 Å². The second kappa shape index (κ2) is 7.38. The molecule has 2 heterocycles. The number of thiophene rings is 1.